The van der Waals surface area contributed by atoms with Gasteiger partial charge in [-0.05, 0) is 31.1 Å². The van der Waals surface area contributed by atoms with Crippen LogP contribution in [0.2, 0.25) is 0 Å². The van der Waals surface area contributed by atoms with Crippen molar-refractivity contribution in [3.8, 4) is 0 Å². The predicted molar refractivity (Wildman–Crippen MR) is 76.5 cm³/mol. The molecular formula is C15H26N2O3. The number of amides is 2. The molecule has 0 radical (unpaired) electrons. The first-order valence-electron chi connectivity index (χ1n) is 7.85. The highest BCUT2D eigenvalue weighted by atomic mass is 16.4. The van der Waals surface area contributed by atoms with Crippen molar-refractivity contribution in [2.75, 3.05) is 13.1 Å². The predicted octanol–water partition coefficient (Wildman–Crippen LogP) is 2.46. The quantitative estimate of drug-likeness (QED) is 0.832. The number of urea groups is 1. The summed E-state index contributed by atoms with van der Waals surface area (Å²) in [5.41, 5.74) is 0. The second-order valence-electron chi connectivity index (χ2n) is 6.34. The topological polar surface area (TPSA) is 69.6 Å². The van der Waals surface area contributed by atoms with Gasteiger partial charge in [0, 0.05) is 13.1 Å². The molecule has 1 saturated carbocycles. The maximum absolute atomic E-state index is 12.0. The Morgan fingerprint density at radius 2 is 1.90 bits per heavy atom. The molecule has 0 aromatic heterocycles. The highest BCUT2D eigenvalue weighted by Crippen LogP contribution is 2.30. The van der Waals surface area contributed by atoms with Crippen LogP contribution in [-0.2, 0) is 4.79 Å². The van der Waals surface area contributed by atoms with Crippen LogP contribution >= 0.6 is 0 Å². The maximum atomic E-state index is 12.0. The smallest absolute Gasteiger partial charge is 0.326 e. The summed E-state index contributed by atoms with van der Waals surface area (Å²) in [4.78, 5) is 24.5. The summed E-state index contributed by atoms with van der Waals surface area (Å²) in [6.45, 7) is 3.53. The Hall–Kier alpha value is -1.26. The first kappa shape index (κ1) is 15.1. The number of hydrogen-bond donors (Lipinski definition) is 2. The zero-order valence-corrected chi connectivity index (χ0v) is 12.3. The minimum atomic E-state index is -0.890. The Bertz CT molecular complexity index is 351. The van der Waals surface area contributed by atoms with Crippen LogP contribution in [-0.4, -0.2) is 41.1 Å². The van der Waals surface area contributed by atoms with Gasteiger partial charge in [-0.25, -0.2) is 9.59 Å². The summed E-state index contributed by atoms with van der Waals surface area (Å²) >= 11 is 0. The zero-order chi connectivity index (χ0) is 14.5. The van der Waals surface area contributed by atoms with Crippen LogP contribution in [0.25, 0.3) is 0 Å². The molecule has 2 rings (SSSR count). The van der Waals surface area contributed by atoms with E-state index >= 15 is 0 Å². The molecule has 0 spiro atoms. The molecule has 2 amide bonds. The Balaban J connectivity index is 1.68. The standard InChI is InChI=1S/C15H26N2O3/c1-11-4-6-12(7-5-11)8-9-16-15(20)17-10-2-3-13(17)14(18)19/h11-13H,2-10H2,1H3,(H,16,20)(H,18,19). The number of carboxylic acid groups (broad SMARTS) is 1. The van der Waals surface area contributed by atoms with E-state index in [1.165, 1.54) is 30.6 Å². The van der Waals surface area contributed by atoms with E-state index in [0.717, 1.165) is 24.7 Å². The van der Waals surface area contributed by atoms with Gasteiger partial charge in [0.2, 0.25) is 0 Å². The van der Waals surface area contributed by atoms with Crippen molar-refractivity contribution < 1.29 is 14.7 Å². The van der Waals surface area contributed by atoms with Gasteiger partial charge in [-0.2, -0.15) is 0 Å². The highest BCUT2D eigenvalue weighted by molar-refractivity contribution is 5.83. The number of likely N-dealkylation sites (tertiary alicyclic amines) is 1. The molecule has 1 heterocycles. The zero-order valence-electron chi connectivity index (χ0n) is 12.3. The molecule has 1 atom stereocenters. The number of nitrogens with zero attached hydrogens (tertiary/aromatic N) is 1. The lowest BCUT2D eigenvalue weighted by Gasteiger charge is -2.27. The van der Waals surface area contributed by atoms with Crippen molar-refractivity contribution >= 4 is 12.0 Å². The largest absolute Gasteiger partial charge is 0.480 e. The minimum absolute atomic E-state index is 0.209. The number of hydrogen-bond acceptors (Lipinski definition) is 2. The van der Waals surface area contributed by atoms with Gasteiger partial charge < -0.3 is 15.3 Å². The average molecular weight is 282 g/mol. The fourth-order valence-electron chi connectivity index (χ4n) is 3.37. The third kappa shape index (κ3) is 3.87. The van der Waals surface area contributed by atoms with Crippen molar-refractivity contribution in [2.24, 2.45) is 11.8 Å². The molecule has 1 aliphatic carbocycles. The molecular weight excluding hydrogens is 256 g/mol. The van der Waals surface area contributed by atoms with E-state index in [9.17, 15) is 9.59 Å². The van der Waals surface area contributed by atoms with Gasteiger partial charge in [0.15, 0.2) is 0 Å². The van der Waals surface area contributed by atoms with E-state index in [4.69, 9.17) is 5.11 Å². The van der Waals surface area contributed by atoms with Crippen molar-refractivity contribution in [1.82, 2.24) is 10.2 Å². The van der Waals surface area contributed by atoms with Gasteiger partial charge in [-0.3, -0.25) is 0 Å². The van der Waals surface area contributed by atoms with Crippen LogP contribution in [0.5, 0.6) is 0 Å². The van der Waals surface area contributed by atoms with E-state index in [2.05, 4.69) is 12.2 Å². The summed E-state index contributed by atoms with van der Waals surface area (Å²) in [6.07, 6.45) is 7.49. The van der Waals surface area contributed by atoms with Crippen molar-refractivity contribution in [2.45, 2.75) is 57.9 Å². The number of carbonyl (C=O) groups excluding carboxylic acids is 1. The third-order valence-corrected chi connectivity index (χ3v) is 4.76. The van der Waals surface area contributed by atoms with Crippen LogP contribution in [0.3, 0.4) is 0 Å². The van der Waals surface area contributed by atoms with Crippen molar-refractivity contribution in [1.29, 1.82) is 0 Å². The van der Waals surface area contributed by atoms with E-state index in [1.807, 2.05) is 0 Å². The lowest BCUT2D eigenvalue weighted by Crippen LogP contribution is -2.46. The van der Waals surface area contributed by atoms with Gasteiger partial charge in [-0.15, -0.1) is 0 Å². The third-order valence-electron chi connectivity index (χ3n) is 4.76. The van der Waals surface area contributed by atoms with Crippen LogP contribution in [0.1, 0.15) is 51.9 Å². The summed E-state index contributed by atoms with van der Waals surface area (Å²) in [7, 11) is 0. The van der Waals surface area contributed by atoms with Gasteiger partial charge in [0.1, 0.15) is 6.04 Å². The fourth-order valence-corrected chi connectivity index (χ4v) is 3.37. The second-order valence-corrected chi connectivity index (χ2v) is 6.34. The normalized spacial score (nSPS) is 30.2. The first-order valence-corrected chi connectivity index (χ1v) is 7.85. The maximum Gasteiger partial charge on any atom is 0.326 e. The molecule has 5 nitrogen and oxygen atoms in total. The Kier molecular flexibility index (Phi) is 5.26. The Morgan fingerprint density at radius 3 is 2.55 bits per heavy atom. The summed E-state index contributed by atoms with van der Waals surface area (Å²) < 4.78 is 0. The van der Waals surface area contributed by atoms with Crippen molar-refractivity contribution in [3.63, 3.8) is 0 Å². The molecule has 2 aliphatic rings. The van der Waals surface area contributed by atoms with Gasteiger partial charge in [0.05, 0.1) is 0 Å². The van der Waals surface area contributed by atoms with E-state index in [-0.39, 0.29) is 6.03 Å². The lowest BCUT2D eigenvalue weighted by atomic mass is 9.81. The molecule has 5 heteroatoms. The van der Waals surface area contributed by atoms with Crippen LogP contribution in [0, 0.1) is 11.8 Å². The lowest BCUT2D eigenvalue weighted by molar-refractivity contribution is -0.141. The number of nitrogens with one attached hydrogen (secondary N) is 1. The molecule has 1 saturated heterocycles. The van der Waals surface area contributed by atoms with E-state index in [1.54, 1.807) is 0 Å². The summed E-state index contributed by atoms with van der Waals surface area (Å²) in [5.74, 6) is 0.682. The van der Waals surface area contributed by atoms with Gasteiger partial charge >= 0.3 is 12.0 Å². The molecule has 20 heavy (non-hydrogen) atoms. The Morgan fingerprint density at radius 1 is 1.20 bits per heavy atom. The molecule has 114 valence electrons. The van der Waals surface area contributed by atoms with Gasteiger partial charge in [-0.1, -0.05) is 32.6 Å². The second kappa shape index (κ2) is 6.95. The average Bonchev–Trinajstić information content (AvgIpc) is 2.90. The fraction of sp³-hybridized carbons (Fsp3) is 0.867. The van der Waals surface area contributed by atoms with Crippen LogP contribution in [0.4, 0.5) is 4.79 Å². The van der Waals surface area contributed by atoms with Gasteiger partial charge in [0.25, 0.3) is 0 Å². The summed E-state index contributed by atoms with van der Waals surface area (Å²) in [5, 5.41) is 12.0. The number of carbonyl (C=O) groups is 2. The van der Waals surface area contributed by atoms with Crippen molar-refractivity contribution in [3.05, 3.63) is 0 Å². The Labute approximate surface area is 120 Å². The SMILES string of the molecule is CC1CCC(CCNC(=O)N2CCCC2C(=O)O)CC1. The van der Waals surface area contributed by atoms with E-state index < -0.39 is 12.0 Å². The molecule has 1 unspecified atom stereocenters. The monoisotopic (exact) mass is 282 g/mol. The van der Waals surface area contributed by atoms with Crippen LogP contribution in [0.15, 0.2) is 0 Å². The molecule has 1 aliphatic heterocycles. The van der Waals surface area contributed by atoms with E-state index in [0.29, 0.717) is 19.5 Å². The summed E-state index contributed by atoms with van der Waals surface area (Å²) in [6, 6.07) is -0.843. The first-order chi connectivity index (χ1) is 9.58. The molecule has 0 bridgehead atoms. The number of aliphatic carboxylic acids is 1. The highest BCUT2D eigenvalue weighted by Gasteiger charge is 2.33. The molecule has 2 fully saturated rings. The molecule has 0 aromatic carbocycles. The molecule has 0 aromatic rings. The molecule has 2 N–H and O–H groups in total. The number of rotatable bonds is 4. The minimum Gasteiger partial charge on any atom is -0.480 e. The van der Waals surface area contributed by atoms with Crippen LogP contribution < -0.4 is 5.32 Å². The number of carboxylic acids is 1.